The summed E-state index contributed by atoms with van der Waals surface area (Å²) in [5, 5.41) is 9.42. The first-order valence-electron chi connectivity index (χ1n) is 8.88. The van der Waals surface area contributed by atoms with Crippen molar-refractivity contribution in [2.24, 2.45) is 5.73 Å². The Morgan fingerprint density at radius 3 is 2.54 bits per heavy atom. The Morgan fingerprint density at radius 1 is 1.23 bits per heavy atom. The van der Waals surface area contributed by atoms with E-state index >= 15 is 0 Å². The second-order valence-electron chi connectivity index (χ2n) is 6.07. The van der Waals surface area contributed by atoms with Gasteiger partial charge in [0.1, 0.15) is 17.3 Å². The number of carbonyl (C=O) groups excluding carboxylic acids is 1. The summed E-state index contributed by atoms with van der Waals surface area (Å²) in [5.74, 6) is 2.97. The highest BCUT2D eigenvalue weighted by Gasteiger charge is 2.29. The lowest BCUT2D eigenvalue weighted by molar-refractivity contribution is -0.118. The van der Waals surface area contributed by atoms with E-state index in [0.29, 0.717) is 32.1 Å². The Labute approximate surface area is 157 Å². The van der Waals surface area contributed by atoms with Gasteiger partial charge in [-0.2, -0.15) is 0 Å². The van der Waals surface area contributed by atoms with E-state index < -0.39 is 0 Å². The maximum atomic E-state index is 11.0. The fourth-order valence-corrected chi connectivity index (χ4v) is 3.44. The number of aromatic nitrogens is 3. The minimum absolute atomic E-state index is 0.302. The lowest BCUT2D eigenvalue weighted by Crippen LogP contribution is -2.13. The van der Waals surface area contributed by atoms with Crippen molar-refractivity contribution in [1.82, 2.24) is 14.8 Å². The van der Waals surface area contributed by atoms with Gasteiger partial charge in [-0.05, 0) is 44.0 Å². The Morgan fingerprint density at radius 2 is 1.92 bits per heavy atom. The number of rotatable bonds is 11. The molecule has 0 radical (unpaired) electrons. The lowest BCUT2D eigenvalue weighted by atomic mass is 10.3. The van der Waals surface area contributed by atoms with E-state index in [1.54, 1.807) is 11.8 Å². The van der Waals surface area contributed by atoms with Gasteiger partial charge in [-0.1, -0.05) is 11.8 Å². The van der Waals surface area contributed by atoms with Crippen molar-refractivity contribution in [3.05, 3.63) is 30.1 Å². The SMILES string of the molecule is CCOc1ccc(OCCSc2nnc(CCC(N)=O)n2C2CC2)cc1. The van der Waals surface area contributed by atoms with Crippen LogP contribution < -0.4 is 15.2 Å². The molecule has 0 saturated heterocycles. The highest BCUT2D eigenvalue weighted by Crippen LogP contribution is 2.38. The number of thioether (sulfide) groups is 1. The molecule has 1 saturated carbocycles. The minimum Gasteiger partial charge on any atom is -0.494 e. The molecule has 2 N–H and O–H groups in total. The van der Waals surface area contributed by atoms with E-state index in [4.69, 9.17) is 15.2 Å². The van der Waals surface area contributed by atoms with Crippen LogP contribution in [-0.4, -0.2) is 39.6 Å². The molecule has 8 heteroatoms. The summed E-state index contributed by atoms with van der Waals surface area (Å²) < 4.78 is 13.3. The van der Waals surface area contributed by atoms with E-state index in [1.165, 1.54) is 0 Å². The van der Waals surface area contributed by atoms with Crippen molar-refractivity contribution >= 4 is 17.7 Å². The van der Waals surface area contributed by atoms with Crippen LogP contribution in [0.4, 0.5) is 0 Å². The van der Waals surface area contributed by atoms with Crippen LogP contribution >= 0.6 is 11.8 Å². The largest absolute Gasteiger partial charge is 0.494 e. The van der Waals surface area contributed by atoms with Crippen LogP contribution in [0.2, 0.25) is 0 Å². The van der Waals surface area contributed by atoms with Gasteiger partial charge >= 0.3 is 0 Å². The van der Waals surface area contributed by atoms with Gasteiger partial charge < -0.3 is 19.8 Å². The molecule has 1 aliphatic carbocycles. The van der Waals surface area contributed by atoms with Crippen LogP contribution in [0.3, 0.4) is 0 Å². The van der Waals surface area contributed by atoms with E-state index in [9.17, 15) is 4.79 Å². The molecule has 0 spiro atoms. The van der Waals surface area contributed by atoms with Gasteiger partial charge in [-0.3, -0.25) is 4.79 Å². The number of primary amides is 1. The van der Waals surface area contributed by atoms with Crippen molar-refractivity contribution in [3.8, 4) is 11.5 Å². The average molecular weight is 376 g/mol. The van der Waals surface area contributed by atoms with Crippen molar-refractivity contribution < 1.29 is 14.3 Å². The monoisotopic (exact) mass is 376 g/mol. The smallest absolute Gasteiger partial charge is 0.217 e. The molecular weight excluding hydrogens is 352 g/mol. The Balaban J connectivity index is 1.49. The van der Waals surface area contributed by atoms with Gasteiger partial charge in [-0.25, -0.2) is 0 Å². The van der Waals surface area contributed by atoms with Gasteiger partial charge in [0.15, 0.2) is 5.16 Å². The van der Waals surface area contributed by atoms with Crippen molar-refractivity contribution in [3.63, 3.8) is 0 Å². The first kappa shape index (κ1) is 18.6. The molecule has 140 valence electrons. The summed E-state index contributed by atoms with van der Waals surface area (Å²) in [7, 11) is 0. The molecule has 0 aliphatic heterocycles. The third-order valence-electron chi connectivity index (χ3n) is 3.96. The number of nitrogens with zero attached hydrogens (tertiary/aromatic N) is 3. The molecule has 0 atom stereocenters. The van der Waals surface area contributed by atoms with Gasteiger partial charge in [0.05, 0.1) is 13.2 Å². The van der Waals surface area contributed by atoms with Gasteiger partial charge in [0, 0.05) is 24.6 Å². The summed E-state index contributed by atoms with van der Waals surface area (Å²) in [6.45, 7) is 3.19. The number of nitrogens with two attached hydrogens (primary N) is 1. The van der Waals surface area contributed by atoms with Crippen molar-refractivity contribution in [1.29, 1.82) is 0 Å². The fourth-order valence-electron chi connectivity index (χ4n) is 2.60. The standard InChI is InChI=1S/C18H24N4O3S/c1-2-24-14-5-7-15(8-6-14)25-11-12-26-18-21-20-17(10-9-16(19)23)22(18)13-3-4-13/h5-8,13H,2-4,9-12H2,1H3,(H2,19,23). The molecule has 7 nitrogen and oxygen atoms in total. The van der Waals surface area contributed by atoms with Crippen LogP contribution in [0, 0.1) is 0 Å². The van der Waals surface area contributed by atoms with Crippen molar-refractivity contribution in [2.75, 3.05) is 19.0 Å². The minimum atomic E-state index is -0.312. The van der Waals surface area contributed by atoms with E-state index in [2.05, 4.69) is 14.8 Å². The van der Waals surface area contributed by atoms with Crippen LogP contribution in [-0.2, 0) is 11.2 Å². The Hall–Kier alpha value is -2.22. The molecule has 3 rings (SSSR count). The molecule has 0 unspecified atom stereocenters. The van der Waals surface area contributed by atoms with Gasteiger partial charge in [0.25, 0.3) is 0 Å². The number of hydrogen-bond acceptors (Lipinski definition) is 6. The number of aryl methyl sites for hydroxylation is 1. The molecule has 0 bridgehead atoms. The molecule has 1 aromatic carbocycles. The first-order valence-corrected chi connectivity index (χ1v) is 9.86. The van der Waals surface area contributed by atoms with E-state index in [1.807, 2.05) is 31.2 Å². The molecule has 2 aromatic rings. The zero-order valence-corrected chi connectivity index (χ0v) is 15.7. The second-order valence-corrected chi connectivity index (χ2v) is 7.13. The molecule has 26 heavy (non-hydrogen) atoms. The molecule has 1 aliphatic rings. The Kier molecular flexibility index (Phi) is 6.38. The quantitative estimate of drug-likeness (QED) is 0.479. The summed E-state index contributed by atoms with van der Waals surface area (Å²) in [4.78, 5) is 11.0. The van der Waals surface area contributed by atoms with E-state index in [0.717, 1.165) is 41.1 Å². The molecular formula is C18H24N4O3S. The van der Waals surface area contributed by atoms with E-state index in [-0.39, 0.29) is 5.91 Å². The lowest BCUT2D eigenvalue weighted by Gasteiger charge is -2.09. The number of carbonyl (C=O) groups is 1. The van der Waals surface area contributed by atoms with Crippen LogP contribution in [0.5, 0.6) is 11.5 Å². The van der Waals surface area contributed by atoms with Gasteiger partial charge in [0.2, 0.25) is 5.91 Å². The summed E-state index contributed by atoms with van der Waals surface area (Å²) >= 11 is 1.62. The highest BCUT2D eigenvalue weighted by molar-refractivity contribution is 7.99. The zero-order chi connectivity index (χ0) is 18.4. The van der Waals surface area contributed by atoms with Crippen LogP contribution in [0.25, 0.3) is 0 Å². The average Bonchev–Trinajstić information content (AvgIpc) is 3.39. The maximum absolute atomic E-state index is 11.0. The molecule has 1 amide bonds. The molecule has 1 aromatic heterocycles. The molecule has 1 fully saturated rings. The summed E-state index contributed by atoms with van der Waals surface area (Å²) in [5.41, 5.74) is 5.24. The number of benzene rings is 1. The predicted octanol–water partition coefficient (Wildman–Crippen LogP) is 2.60. The highest BCUT2D eigenvalue weighted by atomic mass is 32.2. The van der Waals surface area contributed by atoms with Crippen LogP contribution in [0.15, 0.2) is 29.4 Å². The number of amides is 1. The summed E-state index contributed by atoms with van der Waals surface area (Å²) in [6.07, 6.45) is 3.12. The maximum Gasteiger partial charge on any atom is 0.217 e. The topological polar surface area (TPSA) is 92.3 Å². The normalized spacial score (nSPS) is 13.6. The van der Waals surface area contributed by atoms with Crippen LogP contribution in [0.1, 0.15) is 38.1 Å². The fraction of sp³-hybridized carbons (Fsp3) is 0.500. The predicted molar refractivity (Wildman–Crippen MR) is 99.6 cm³/mol. The third-order valence-corrected chi connectivity index (χ3v) is 4.87. The number of ether oxygens (including phenoxy) is 2. The van der Waals surface area contributed by atoms with Crippen molar-refractivity contribution in [2.45, 2.75) is 43.8 Å². The Bertz CT molecular complexity index is 729. The zero-order valence-electron chi connectivity index (χ0n) is 14.9. The third kappa shape index (κ3) is 5.14. The second kappa shape index (κ2) is 8.93. The van der Waals surface area contributed by atoms with Gasteiger partial charge in [-0.15, -0.1) is 10.2 Å². The summed E-state index contributed by atoms with van der Waals surface area (Å²) in [6, 6.07) is 8.08. The number of hydrogen-bond donors (Lipinski definition) is 1. The first-order chi connectivity index (χ1) is 12.7. The molecule has 1 heterocycles.